The Kier molecular flexibility index (Phi) is 9.97. The van der Waals surface area contributed by atoms with Crippen LogP contribution in [0.25, 0.3) is 21.5 Å². The van der Waals surface area contributed by atoms with Gasteiger partial charge in [-0.1, -0.05) is 42.5 Å². The largest absolute Gasteiger partial charge is 0.479 e. The molecule has 240 valence electrons. The fourth-order valence-electron chi connectivity index (χ4n) is 6.45. The van der Waals surface area contributed by atoms with Crippen LogP contribution in [0, 0.1) is 11.8 Å². The Hall–Kier alpha value is -5.23. The number of hydrogen-bond acceptors (Lipinski definition) is 6. The molecular weight excluding hydrogens is 586 g/mol. The molecule has 0 aliphatic carbocycles. The van der Waals surface area contributed by atoms with Gasteiger partial charge < -0.3 is 32.1 Å². The van der Waals surface area contributed by atoms with Gasteiger partial charge in [0.05, 0.1) is 5.69 Å². The monoisotopic (exact) mass is 625 g/mol. The van der Waals surface area contributed by atoms with Crippen LogP contribution in [0.3, 0.4) is 0 Å². The number of nitrogens with two attached hydrogens (primary N) is 3. The third-order valence-corrected chi connectivity index (χ3v) is 9.03. The molecule has 2 aliphatic heterocycles. The summed E-state index contributed by atoms with van der Waals surface area (Å²) in [6, 6.07) is 19.2. The number of carboxylic acids is 1. The van der Waals surface area contributed by atoms with Gasteiger partial charge in [0.15, 0.2) is 6.17 Å². The van der Waals surface area contributed by atoms with E-state index in [9.17, 15) is 24.3 Å². The smallest absolute Gasteiger partial charge is 0.341 e. The minimum atomic E-state index is -1.53. The number of anilines is 1. The number of primary amides is 2. The third-order valence-electron chi connectivity index (χ3n) is 9.03. The van der Waals surface area contributed by atoms with Gasteiger partial charge in [0.25, 0.3) is 5.91 Å². The molecule has 6 rings (SSSR count). The zero-order valence-electron chi connectivity index (χ0n) is 25.5. The lowest BCUT2D eigenvalue weighted by molar-refractivity contribution is -0.138. The maximum absolute atomic E-state index is 13.3. The summed E-state index contributed by atoms with van der Waals surface area (Å²) in [6.45, 7) is 3.10. The van der Waals surface area contributed by atoms with Crippen molar-refractivity contribution in [2.45, 2.75) is 31.8 Å². The van der Waals surface area contributed by atoms with Gasteiger partial charge in [-0.05, 0) is 72.6 Å². The summed E-state index contributed by atoms with van der Waals surface area (Å²) in [5.74, 6) is -0.452. The van der Waals surface area contributed by atoms with Crippen LogP contribution in [0.2, 0.25) is 0 Å². The number of aliphatic carboxylic acids is 1. The second-order valence-corrected chi connectivity index (χ2v) is 11.7. The molecule has 3 heterocycles. The van der Waals surface area contributed by atoms with E-state index in [4.69, 9.17) is 17.2 Å². The molecule has 1 aromatic heterocycles. The van der Waals surface area contributed by atoms with E-state index in [-0.39, 0.29) is 12.1 Å². The first-order valence-corrected chi connectivity index (χ1v) is 15.4. The van der Waals surface area contributed by atoms with Crippen molar-refractivity contribution in [3.63, 3.8) is 0 Å². The Morgan fingerprint density at radius 1 is 0.761 bits per heavy atom. The molecule has 0 saturated carbocycles. The number of nitrogens with zero attached hydrogens (tertiary/aromatic N) is 4. The van der Waals surface area contributed by atoms with Crippen molar-refractivity contribution < 1.29 is 24.3 Å². The lowest BCUT2D eigenvalue weighted by atomic mass is 9.79. The highest BCUT2D eigenvalue weighted by Crippen LogP contribution is 2.32. The molecule has 46 heavy (non-hydrogen) atoms. The fourth-order valence-corrected chi connectivity index (χ4v) is 6.45. The second-order valence-electron chi connectivity index (χ2n) is 11.7. The lowest BCUT2D eigenvalue weighted by Crippen LogP contribution is -2.51. The van der Waals surface area contributed by atoms with Crippen molar-refractivity contribution >= 4 is 51.2 Å². The van der Waals surface area contributed by atoms with Crippen molar-refractivity contribution in [2.75, 3.05) is 31.1 Å². The van der Waals surface area contributed by atoms with Crippen LogP contribution in [-0.2, 0) is 4.79 Å². The summed E-state index contributed by atoms with van der Waals surface area (Å²) in [5.41, 5.74) is 17.3. The van der Waals surface area contributed by atoms with E-state index in [0.717, 1.165) is 78.3 Å². The Bertz CT molecular complexity index is 1690. The maximum atomic E-state index is 13.3. The summed E-state index contributed by atoms with van der Waals surface area (Å²) in [4.78, 5) is 55.7. The predicted octanol–water partition coefficient (Wildman–Crippen LogP) is 3.97. The van der Waals surface area contributed by atoms with E-state index in [1.165, 1.54) is 0 Å². The fraction of sp³-hybridized carbons (Fsp3) is 0.324. The second kappa shape index (κ2) is 14.2. The number of carbonyl (C=O) groups is 4. The lowest BCUT2D eigenvalue weighted by Gasteiger charge is -2.39. The summed E-state index contributed by atoms with van der Waals surface area (Å²) >= 11 is 0. The van der Waals surface area contributed by atoms with Crippen LogP contribution in [0.15, 0.2) is 79.1 Å². The molecule has 12 nitrogen and oxygen atoms in total. The molecule has 0 radical (unpaired) electrons. The molecule has 2 aliphatic rings. The topological polar surface area (TPSA) is 189 Å². The predicted molar refractivity (Wildman–Crippen MR) is 176 cm³/mol. The minimum Gasteiger partial charge on any atom is -0.479 e. The highest BCUT2D eigenvalue weighted by molar-refractivity contribution is 6.14. The van der Waals surface area contributed by atoms with Crippen LogP contribution >= 0.6 is 0 Å². The first-order valence-electron chi connectivity index (χ1n) is 15.4. The van der Waals surface area contributed by atoms with Gasteiger partial charge in [-0.3, -0.25) is 14.7 Å². The molecule has 0 bridgehead atoms. The van der Waals surface area contributed by atoms with Crippen LogP contribution < -0.4 is 22.1 Å². The SMILES string of the molecule is NC(=O)N1CCC(C2CCN(C(N)=O)CC2)CC1.N[C@@H](C(=O)O)N(C(=O)c1ccc2ccncc2c1)c1cccc2ccccc12. The zero-order valence-corrected chi connectivity index (χ0v) is 25.5. The normalized spacial score (nSPS) is 16.4. The number of carboxylic acid groups (broad SMARTS) is 1. The van der Waals surface area contributed by atoms with Crippen molar-refractivity contribution in [2.24, 2.45) is 29.0 Å². The van der Waals surface area contributed by atoms with Gasteiger partial charge in [0.2, 0.25) is 0 Å². The van der Waals surface area contributed by atoms with Crippen LogP contribution in [-0.4, -0.2) is 76.2 Å². The molecule has 1 atom stereocenters. The number of piperidine rings is 2. The van der Waals surface area contributed by atoms with E-state index in [1.54, 1.807) is 52.5 Å². The van der Waals surface area contributed by atoms with E-state index in [2.05, 4.69) is 4.98 Å². The molecule has 5 amide bonds. The van der Waals surface area contributed by atoms with Gasteiger partial charge in [0, 0.05) is 54.9 Å². The molecular formula is C34H39N7O5. The van der Waals surface area contributed by atoms with Crippen LogP contribution in [0.1, 0.15) is 36.0 Å². The molecule has 4 aromatic rings. The van der Waals surface area contributed by atoms with Crippen molar-refractivity contribution in [1.29, 1.82) is 0 Å². The number of rotatable bonds is 5. The maximum Gasteiger partial charge on any atom is 0.341 e. The van der Waals surface area contributed by atoms with Gasteiger partial charge in [0.1, 0.15) is 0 Å². The quantitative estimate of drug-likeness (QED) is 0.241. The van der Waals surface area contributed by atoms with Crippen molar-refractivity contribution in [3.05, 3.63) is 84.7 Å². The van der Waals surface area contributed by atoms with E-state index < -0.39 is 18.0 Å². The Morgan fingerprint density at radius 2 is 1.35 bits per heavy atom. The van der Waals surface area contributed by atoms with E-state index >= 15 is 0 Å². The summed E-state index contributed by atoms with van der Waals surface area (Å²) in [7, 11) is 0. The molecule has 0 spiro atoms. The van der Waals surface area contributed by atoms with Gasteiger partial charge in [-0.2, -0.15) is 0 Å². The first-order chi connectivity index (χ1) is 22.1. The summed E-state index contributed by atoms with van der Waals surface area (Å²) in [6.07, 6.45) is 5.93. The third kappa shape index (κ3) is 7.18. The Labute approximate surface area is 266 Å². The summed E-state index contributed by atoms with van der Waals surface area (Å²) < 4.78 is 0. The van der Waals surface area contributed by atoms with Gasteiger partial charge in [-0.15, -0.1) is 0 Å². The average molecular weight is 626 g/mol. The molecule has 2 saturated heterocycles. The van der Waals surface area contributed by atoms with Crippen molar-refractivity contribution in [1.82, 2.24) is 14.8 Å². The van der Waals surface area contributed by atoms with Gasteiger partial charge in [-0.25, -0.2) is 14.4 Å². The highest BCUT2D eigenvalue weighted by atomic mass is 16.4. The number of pyridine rings is 1. The number of amides is 5. The van der Waals surface area contributed by atoms with Crippen LogP contribution in [0.4, 0.5) is 15.3 Å². The molecule has 12 heteroatoms. The number of fused-ring (bicyclic) bond motifs is 2. The van der Waals surface area contributed by atoms with Crippen molar-refractivity contribution in [3.8, 4) is 0 Å². The molecule has 7 N–H and O–H groups in total. The standard InChI is InChI=1S/C22H17N3O3.C12H22N4O2/c23-20(22(27)28)25(19-7-3-5-15-4-1-2-6-18(15)19)21(26)16-9-8-14-10-11-24-13-17(14)12-16;13-11(17)15-5-1-9(2-6-15)10-3-7-16(8-4-10)12(14)18/h1-13,20H,23H2,(H,27,28);9-10H,1-8H2,(H2,13,17)(H2,14,18)/t20-;/m1./s1. The number of likely N-dealkylation sites (tertiary alicyclic amines) is 2. The van der Waals surface area contributed by atoms with Gasteiger partial charge >= 0.3 is 18.0 Å². The number of aromatic nitrogens is 1. The average Bonchev–Trinajstić information content (AvgIpc) is 3.08. The number of benzene rings is 3. The van der Waals surface area contributed by atoms with E-state index in [0.29, 0.717) is 23.1 Å². The number of carbonyl (C=O) groups excluding carboxylic acids is 3. The Balaban J connectivity index is 0.000000200. The number of urea groups is 2. The number of hydrogen-bond donors (Lipinski definition) is 4. The minimum absolute atomic E-state index is 0.308. The molecule has 2 fully saturated rings. The molecule has 3 aromatic carbocycles. The molecule has 0 unspecified atom stereocenters. The van der Waals surface area contributed by atoms with Crippen LogP contribution in [0.5, 0.6) is 0 Å². The summed E-state index contributed by atoms with van der Waals surface area (Å²) in [5, 5.41) is 12.9. The van der Waals surface area contributed by atoms with E-state index in [1.807, 2.05) is 36.4 Å². The first kappa shape index (κ1) is 32.2. The highest BCUT2D eigenvalue weighted by Gasteiger charge is 2.32. The Morgan fingerprint density at radius 3 is 1.93 bits per heavy atom. The zero-order chi connectivity index (χ0) is 32.8.